The number of benzene rings is 2. The third-order valence-corrected chi connectivity index (χ3v) is 5.79. The van der Waals surface area contributed by atoms with E-state index >= 15 is 0 Å². The molecule has 2 aromatic carbocycles. The standard InChI is InChI=1S/C23H24O12/c1-8-17(29)21(33-9(2)24)19(31)23(32-8)35-22-18(30)16-14(28)6-11(25)7-15(16)34-20(22)10-3-4-12(26)13(27)5-10/h3-8,17,19-23,25-29,31H,1-2H3. The Hall–Kier alpha value is -3.58. The first-order chi connectivity index (χ1) is 16.5. The molecule has 4 rings (SSSR count). The highest BCUT2D eigenvalue weighted by molar-refractivity contribution is 6.05. The van der Waals surface area contributed by atoms with Crippen LogP contribution in [0.3, 0.4) is 0 Å². The first-order valence-electron chi connectivity index (χ1n) is 10.6. The maximum absolute atomic E-state index is 13.4. The van der Waals surface area contributed by atoms with Gasteiger partial charge >= 0.3 is 5.97 Å². The zero-order valence-electron chi connectivity index (χ0n) is 18.6. The quantitative estimate of drug-likeness (QED) is 0.258. The van der Waals surface area contributed by atoms with Crippen LogP contribution in [0.25, 0.3) is 0 Å². The molecule has 1 fully saturated rings. The van der Waals surface area contributed by atoms with Gasteiger partial charge in [-0.15, -0.1) is 0 Å². The number of Topliss-reactive ketones (excluding diaryl/α,β-unsaturated/α-hetero) is 1. The third-order valence-electron chi connectivity index (χ3n) is 5.79. The van der Waals surface area contributed by atoms with Crippen LogP contribution in [0, 0.1) is 0 Å². The number of esters is 1. The van der Waals surface area contributed by atoms with Gasteiger partial charge in [0, 0.05) is 19.1 Å². The minimum atomic E-state index is -1.71. The zero-order chi connectivity index (χ0) is 25.6. The monoisotopic (exact) mass is 492 g/mol. The van der Waals surface area contributed by atoms with Crippen LogP contribution in [-0.2, 0) is 19.0 Å². The van der Waals surface area contributed by atoms with Crippen LogP contribution >= 0.6 is 0 Å². The summed E-state index contributed by atoms with van der Waals surface area (Å²) in [4.78, 5) is 24.9. The molecule has 6 N–H and O–H groups in total. The van der Waals surface area contributed by atoms with Crippen molar-refractivity contribution >= 4 is 11.8 Å². The SMILES string of the molecule is CC(=O)OC1C(O)C(C)OC(OC2C(=O)c3c(O)cc(O)cc3OC2c2ccc(O)c(O)c2)C1O. The molecule has 2 heterocycles. The topological polar surface area (TPSA) is 192 Å². The van der Waals surface area contributed by atoms with Crippen molar-refractivity contribution in [1.29, 1.82) is 0 Å². The molecule has 0 saturated carbocycles. The number of aliphatic hydroxyl groups is 2. The van der Waals surface area contributed by atoms with E-state index < -0.39 is 71.9 Å². The third kappa shape index (κ3) is 4.56. The first kappa shape index (κ1) is 24.5. The Labute approximate surface area is 198 Å². The number of phenols is 4. The molecule has 0 radical (unpaired) electrons. The van der Waals surface area contributed by atoms with Gasteiger partial charge in [-0.25, -0.2) is 0 Å². The van der Waals surface area contributed by atoms with Gasteiger partial charge < -0.3 is 49.6 Å². The maximum Gasteiger partial charge on any atom is 0.303 e. The van der Waals surface area contributed by atoms with Gasteiger partial charge in [0.15, 0.2) is 36.1 Å². The van der Waals surface area contributed by atoms with Gasteiger partial charge in [0.05, 0.1) is 6.10 Å². The second-order valence-electron chi connectivity index (χ2n) is 8.31. The molecule has 35 heavy (non-hydrogen) atoms. The number of rotatable bonds is 4. The summed E-state index contributed by atoms with van der Waals surface area (Å²) in [5.74, 6) is -3.65. The smallest absolute Gasteiger partial charge is 0.303 e. The molecule has 0 aromatic heterocycles. The van der Waals surface area contributed by atoms with Crippen molar-refractivity contribution in [2.75, 3.05) is 0 Å². The Balaban J connectivity index is 1.73. The Morgan fingerprint density at radius 1 is 0.971 bits per heavy atom. The van der Waals surface area contributed by atoms with Crippen LogP contribution in [0.2, 0.25) is 0 Å². The van der Waals surface area contributed by atoms with Gasteiger partial charge in [0.1, 0.15) is 35.0 Å². The van der Waals surface area contributed by atoms with E-state index in [4.69, 9.17) is 18.9 Å². The minimum absolute atomic E-state index is 0.169. The Morgan fingerprint density at radius 3 is 2.34 bits per heavy atom. The molecule has 0 spiro atoms. The van der Waals surface area contributed by atoms with E-state index in [1.54, 1.807) is 0 Å². The molecule has 2 aliphatic heterocycles. The molecule has 12 heteroatoms. The predicted octanol–water partition coefficient (Wildman–Crippen LogP) is 0.609. The number of ketones is 1. The summed E-state index contributed by atoms with van der Waals surface area (Å²) in [7, 11) is 0. The lowest BCUT2D eigenvalue weighted by Crippen LogP contribution is -2.60. The van der Waals surface area contributed by atoms with Gasteiger partial charge in [-0.05, 0) is 24.6 Å². The Kier molecular flexibility index (Phi) is 6.47. The van der Waals surface area contributed by atoms with Gasteiger partial charge in [0.2, 0.25) is 5.78 Å². The molecule has 7 unspecified atom stereocenters. The van der Waals surface area contributed by atoms with Crippen molar-refractivity contribution in [3.8, 4) is 28.7 Å². The Bertz CT molecular complexity index is 1150. The van der Waals surface area contributed by atoms with Crippen molar-refractivity contribution in [3.63, 3.8) is 0 Å². The lowest BCUT2D eigenvalue weighted by atomic mass is 9.92. The second-order valence-corrected chi connectivity index (χ2v) is 8.31. The van der Waals surface area contributed by atoms with E-state index in [1.165, 1.54) is 13.0 Å². The lowest BCUT2D eigenvalue weighted by Gasteiger charge is -2.43. The van der Waals surface area contributed by atoms with E-state index in [1.807, 2.05) is 0 Å². The summed E-state index contributed by atoms with van der Waals surface area (Å²) in [6, 6.07) is 5.68. The normalized spacial score (nSPS) is 30.3. The van der Waals surface area contributed by atoms with Crippen molar-refractivity contribution in [1.82, 2.24) is 0 Å². The van der Waals surface area contributed by atoms with Gasteiger partial charge in [0.25, 0.3) is 0 Å². The van der Waals surface area contributed by atoms with Crippen molar-refractivity contribution in [2.45, 2.75) is 56.8 Å². The number of hydrogen-bond donors (Lipinski definition) is 6. The second kappa shape index (κ2) is 9.23. The molecule has 7 atom stereocenters. The molecule has 188 valence electrons. The van der Waals surface area contributed by atoms with E-state index in [-0.39, 0.29) is 22.6 Å². The van der Waals surface area contributed by atoms with E-state index in [0.29, 0.717) is 0 Å². The molecule has 1 saturated heterocycles. The lowest BCUT2D eigenvalue weighted by molar-refractivity contribution is -0.306. The molecule has 12 nitrogen and oxygen atoms in total. The van der Waals surface area contributed by atoms with Crippen LogP contribution in [0.5, 0.6) is 28.7 Å². The number of hydrogen-bond acceptors (Lipinski definition) is 12. The fraction of sp³-hybridized carbons (Fsp3) is 0.391. The molecular formula is C23H24O12. The van der Waals surface area contributed by atoms with Crippen LogP contribution in [0.1, 0.15) is 35.9 Å². The highest BCUT2D eigenvalue weighted by atomic mass is 16.7. The fourth-order valence-corrected chi connectivity index (χ4v) is 4.08. The van der Waals surface area contributed by atoms with Crippen molar-refractivity contribution in [2.24, 2.45) is 0 Å². The maximum atomic E-state index is 13.4. The summed E-state index contributed by atoms with van der Waals surface area (Å²) in [6.45, 7) is 2.54. The predicted molar refractivity (Wildman–Crippen MR) is 114 cm³/mol. The average molecular weight is 492 g/mol. The summed E-state index contributed by atoms with van der Waals surface area (Å²) in [5, 5.41) is 60.7. The van der Waals surface area contributed by atoms with Crippen LogP contribution < -0.4 is 4.74 Å². The molecular weight excluding hydrogens is 468 g/mol. The number of carbonyl (C=O) groups is 2. The average Bonchev–Trinajstić information content (AvgIpc) is 2.77. The minimum Gasteiger partial charge on any atom is -0.508 e. The largest absolute Gasteiger partial charge is 0.508 e. The molecule has 0 bridgehead atoms. The van der Waals surface area contributed by atoms with E-state index in [2.05, 4.69) is 0 Å². The number of phenolic OH excluding ortho intramolecular Hbond substituents is 4. The van der Waals surface area contributed by atoms with E-state index in [0.717, 1.165) is 31.2 Å². The summed E-state index contributed by atoms with van der Waals surface area (Å²) in [5.41, 5.74) is -0.135. The zero-order valence-corrected chi connectivity index (χ0v) is 18.6. The first-order valence-corrected chi connectivity index (χ1v) is 10.6. The summed E-state index contributed by atoms with van der Waals surface area (Å²) < 4.78 is 22.2. The van der Waals surface area contributed by atoms with Gasteiger partial charge in [-0.1, -0.05) is 6.07 Å². The number of carbonyl (C=O) groups excluding carboxylic acids is 2. The Morgan fingerprint density at radius 2 is 1.69 bits per heavy atom. The number of aliphatic hydroxyl groups excluding tert-OH is 2. The van der Waals surface area contributed by atoms with Crippen molar-refractivity contribution < 1.29 is 59.2 Å². The molecule has 0 aliphatic carbocycles. The van der Waals surface area contributed by atoms with E-state index in [9.17, 15) is 40.2 Å². The fourth-order valence-electron chi connectivity index (χ4n) is 4.08. The van der Waals surface area contributed by atoms with Gasteiger partial charge in [-0.2, -0.15) is 0 Å². The molecule has 0 amide bonds. The van der Waals surface area contributed by atoms with Gasteiger partial charge in [-0.3, -0.25) is 9.59 Å². The number of ether oxygens (including phenoxy) is 4. The highest BCUT2D eigenvalue weighted by Crippen LogP contribution is 2.44. The summed E-state index contributed by atoms with van der Waals surface area (Å²) >= 11 is 0. The summed E-state index contributed by atoms with van der Waals surface area (Å²) in [6.07, 6.45) is -9.94. The van der Waals surface area contributed by atoms with Crippen LogP contribution in [-0.4, -0.2) is 79.2 Å². The molecule has 2 aromatic rings. The number of aromatic hydroxyl groups is 4. The van der Waals surface area contributed by atoms with Crippen LogP contribution in [0.15, 0.2) is 30.3 Å². The molecule has 2 aliphatic rings. The van der Waals surface area contributed by atoms with Crippen molar-refractivity contribution in [3.05, 3.63) is 41.5 Å². The van der Waals surface area contributed by atoms with Crippen LogP contribution in [0.4, 0.5) is 0 Å². The number of fused-ring (bicyclic) bond motifs is 1. The highest BCUT2D eigenvalue weighted by Gasteiger charge is 2.50.